The Balaban J connectivity index is 1.59. The number of rotatable bonds is 7. The predicted molar refractivity (Wildman–Crippen MR) is 164 cm³/mol. The maximum Gasteiger partial charge on any atom is 0.308 e. The first kappa shape index (κ1) is 29.8. The number of fused-ring (bicyclic) bond motifs is 2. The van der Waals surface area contributed by atoms with E-state index in [4.69, 9.17) is 9.47 Å². The zero-order valence-corrected chi connectivity index (χ0v) is 25.4. The maximum atomic E-state index is 14.3. The van der Waals surface area contributed by atoms with E-state index in [-0.39, 0.29) is 29.8 Å². The van der Waals surface area contributed by atoms with Gasteiger partial charge in [-0.2, -0.15) is 0 Å². The van der Waals surface area contributed by atoms with Crippen LogP contribution in [0.1, 0.15) is 69.3 Å². The summed E-state index contributed by atoms with van der Waals surface area (Å²) in [6, 6.07) is 21.6. The van der Waals surface area contributed by atoms with Gasteiger partial charge in [-0.1, -0.05) is 56.3 Å². The summed E-state index contributed by atoms with van der Waals surface area (Å²) >= 11 is 0. The van der Waals surface area contributed by atoms with Gasteiger partial charge in [0.2, 0.25) is 0 Å². The third kappa shape index (κ3) is 5.80. The fourth-order valence-electron chi connectivity index (χ4n) is 7.34. The molecule has 2 fully saturated rings. The van der Waals surface area contributed by atoms with Crippen LogP contribution >= 0.6 is 0 Å². The fourth-order valence-corrected chi connectivity index (χ4v) is 7.34. The smallest absolute Gasteiger partial charge is 0.308 e. The Morgan fingerprint density at radius 1 is 0.952 bits per heavy atom. The molecule has 3 atom stereocenters. The number of ether oxygens (including phenoxy) is 2. The van der Waals surface area contributed by atoms with E-state index in [0.717, 1.165) is 35.7 Å². The Hall–Kier alpha value is -3.71. The van der Waals surface area contributed by atoms with Gasteiger partial charge in [0.15, 0.2) is 0 Å². The van der Waals surface area contributed by atoms with Gasteiger partial charge in [-0.05, 0) is 85.8 Å². The molecule has 1 aliphatic heterocycles. The summed E-state index contributed by atoms with van der Waals surface area (Å²) in [5.74, 6) is 0.0744. The van der Waals surface area contributed by atoms with Gasteiger partial charge < -0.3 is 19.3 Å². The summed E-state index contributed by atoms with van der Waals surface area (Å²) in [6.07, 6.45) is 2.73. The minimum Gasteiger partial charge on any atom is -0.457 e. The van der Waals surface area contributed by atoms with Crippen LogP contribution in [-0.4, -0.2) is 66.0 Å². The van der Waals surface area contributed by atoms with E-state index in [1.165, 1.54) is 13.8 Å². The molecular formula is C35H42N2O5. The number of hydrogen-bond donors (Lipinski definition) is 0. The molecule has 42 heavy (non-hydrogen) atoms. The van der Waals surface area contributed by atoms with Gasteiger partial charge >= 0.3 is 11.9 Å². The van der Waals surface area contributed by atoms with Crippen molar-refractivity contribution < 1.29 is 23.9 Å². The number of hydrogen-bond acceptors (Lipinski definition) is 6. The number of carbonyl (C=O) groups excluding carboxylic acids is 3. The standard InChI is InChI=1S/C35H42N2O5/c1-24(2)22-37(33(40)29-14-13-27-9-6-7-10-28(27)19-29)31-15-16-35(42-26(4)39)23-36(5)18-17-34(35,21-31)30-11-8-12-32(20-30)41-25(3)38/h6-14,19-20,24,31H,15-18,21-23H2,1-5H3/t31-,34+,35+/m1/s1. The van der Waals surface area contributed by atoms with E-state index in [2.05, 4.69) is 42.8 Å². The highest BCUT2D eigenvalue weighted by Crippen LogP contribution is 2.55. The molecule has 1 saturated carbocycles. The number of amides is 1. The monoisotopic (exact) mass is 570 g/mol. The number of likely N-dealkylation sites (N-methyl/N-ethyl adjacent to an activating group) is 1. The number of benzene rings is 3. The molecular weight excluding hydrogens is 528 g/mol. The normalized spacial score (nSPS) is 24.2. The van der Waals surface area contributed by atoms with Crippen molar-refractivity contribution in [1.82, 2.24) is 9.80 Å². The molecule has 7 nitrogen and oxygen atoms in total. The minimum absolute atomic E-state index is 0.0242. The van der Waals surface area contributed by atoms with Crippen LogP contribution in [0.5, 0.6) is 5.75 Å². The molecule has 222 valence electrons. The van der Waals surface area contributed by atoms with Crippen molar-refractivity contribution in [3.05, 3.63) is 77.9 Å². The second-order valence-electron chi connectivity index (χ2n) is 12.6. The molecule has 0 N–H and O–H groups in total. The third-order valence-corrected chi connectivity index (χ3v) is 9.03. The van der Waals surface area contributed by atoms with E-state index in [9.17, 15) is 14.4 Å². The van der Waals surface area contributed by atoms with Crippen LogP contribution in [0.25, 0.3) is 10.8 Å². The summed E-state index contributed by atoms with van der Waals surface area (Å²) in [5, 5.41) is 2.14. The fraction of sp³-hybridized carbons (Fsp3) is 0.457. The summed E-state index contributed by atoms with van der Waals surface area (Å²) < 4.78 is 11.8. The number of esters is 2. The minimum atomic E-state index is -0.771. The lowest BCUT2D eigenvalue weighted by Crippen LogP contribution is -2.68. The summed E-state index contributed by atoms with van der Waals surface area (Å²) in [5.41, 5.74) is 0.318. The highest BCUT2D eigenvalue weighted by molar-refractivity contribution is 5.98. The highest BCUT2D eigenvalue weighted by Gasteiger charge is 2.61. The molecule has 7 heteroatoms. The van der Waals surface area contributed by atoms with E-state index in [1.54, 1.807) is 6.07 Å². The molecule has 0 unspecified atom stereocenters. The molecule has 3 aromatic carbocycles. The zero-order chi connectivity index (χ0) is 30.1. The van der Waals surface area contributed by atoms with Crippen molar-refractivity contribution in [3.63, 3.8) is 0 Å². The van der Waals surface area contributed by atoms with Crippen molar-refractivity contribution in [2.24, 2.45) is 5.92 Å². The molecule has 0 radical (unpaired) electrons. The maximum absolute atomic E-state index is 14.3. The Morgan fingerprint density at radius 3 is 2.43 bits per heavy atom. The number of likely N-dealkylation sites (tertiary alicyclic amines) is 1. The Bertz CT molecular complexity index is 1480. The first-order chi connectivity index (χ1) is 20.0. The van der Waals surface area contributed by atoms with Gasteiger partial charge in [0, 0.05) is 44.0 Å². The highest BCUT2D eigenvalue weighted by atomic mass is 16.6. The molecule has 1 saturated heterocycles. The molecule has 1 amide bonds. The van der Waals surface area contributed by atoms with Gasteiger partial charge in [-0.3, -0.25) is 14.4 Å². The number of nitrogens with zero attached hydrogens (tertiary/aromatic N) is 2. The molecule has 0 spiro atoms. The Labute approximate surface area is 248 Å². The lowest BCUT2D eigenvalue weighted by molar-refractivity contribution is -0.187. The molecule has 1 aliphatic carbocycles. The average molecular weight is 571 g/mol. The third-order valence-electron chi connectivity index (χ3n) is 9.03. The van der Waals surface area contributed by atoms with Crippen molar-refractivity contribution in [2.45, 2.75) is 70.4 Å². The molecule has 0 aromatic heterocycles. The van der Waals surface area contributed by atoms with Crippen LogP contribution in [-0.2, 0) is 19.7 Å². The van der Waals surface area contributed by atoms with E-state index in [1.807, 2.05) is 48.5 Å². The van der Waals surface area contributed by atoms with Crippen LogP contribution in [0.15, 0.2) is 66.7 Å². The van der Waals surface area contributed by atoms with E-state index < -0.39 is 11.0 Å². The van der Waals surface area contributed by atoms with Gasteiger partial charge in [0.25, 0.3) is 5.91 Å². The van der Waals surface area contributed by atoms with Gasteiger partial charge in [-0.25, -0.2) is 0 Å². The summed E-state index contributed by atoms with van der Waals surface area (Å²) in [7, 11) is 2.06. The van der Waals surface area contributed by atoms with Crippen molar-refractivity contribution in [2.75, 3.05) is 26.7 Å². The predicted octanol–water partition coefficient (Wildman–Crippen LogP) is 5.99. The molecule has 3 aromatic rings. The van der Waals surface area contributed by atoms with Gasteiger partial charge in [-0.15, -0.1) is 0 Å². The average Bonchev–Trinajstić information content (AvgIpc) is 2.94. The van der Waals surface area contributed by atoms with Crippen molar-refractivity contribution in [1.29, 1.82) is 0 Å². The number of carbonyl (C=O) groups is 3. The second kappa shape index (κ2) is 11.9. The van der Waals surface area contributed by atoms with E-state index in [0.29, 0.717) is 37.2 Å². The Morgan fingerprint density at radius 2 is 1.71 bits per heavy atom. The van der Waals surface area contributed by atoms with Crippen molar-refractivity contribution >= 4 is 28.6 Å². The van der Waals surface area contributed by atoms with E-state index >= 15 is 0 Å². The second-order valence-corrected chi connectivity index (χ2v) is 12.6. The van der Waals surface area contributed by atoms with Gasteiger partial charge in [0.1, 0.15) is 11.4 Å². The van der Waals surface area contributed by atoms with Gasteiger partial charge in [0.05, 0.1) is 0 Å². The topological polar surface area (TPSA) is 76.2 Å². The lowest BCUT2D eigenvalue weighted by Gasteiger charge is -2.60. The van der Waals surface area contributed by atoms with Crippen LogP contribution in [0.2, 0.25) is 0 Å². The molecule has 2 aliphatic rings. The number of piperidine rings is 1. The molecule has 1 heterocycles. The largest absolute Gasteiger partial charge is 0.457 e. The Kier molecular flexibility index (Phi) is 8.42. The molecule has 0 bridgehead atoms. The zero-order valence-electron chi connectivity index (χ0n) is 25.4. The summed E-state index contributed by atoms with van der Waals surface area (Å²) in [6.45, 7) is 9.18. The van der Waals surface area contributed by atoms with Crippen LogP contribution in [0, 0.1) is 5.92 Å². The quantitative estimate of drug-likeness (QED) is 0.257. The van der Waals surface area contributed by atoms with Crippen LogP contribution in [0.4, 0.5) is 0 Å². The first-order valence-electron chi connectivity index (χ1n) is 15.0. The lowest BCUT2D eigenvalue weighted by atomic mass is 9.55. The summed E-state index contributed by atoms with van der Waals surface area (Å²) in [4.78, 5) is 43.0. The molecule has 5 rings (SSSR count). The first-order valence-corrected chi connectivity index (χ1v) is 15.0. The van der Waals surface area contributed by atoms with Crippen molar-refractivity contribution in [3.8, 4) is 5.75 Å². The SMILES string of the molecule is CC(=O)Oc1cccc([C@@]23CCN(C)C[C@@]2(OC(C)=O)CC[C@@H](N(CC(C)C)C(=O)c2ccc4ccccc4c2)C3)c1. The van der Waals surface area contributed by atoms with Crippen LogP contribution < -0.4 is 4.74 Å². The van der Waals surface area contributed by atoms with Crippen LogP contribution in [0.3, 0.4) is 0 Å².